The minimum atomic E-state index is -1.24. The van der Waals surface area contributed by atoms with E-state index in [4.69, 9.17) is 11.5 Å². The van der Waals surface area contributed by atoms with E-state index in [1.165, 1.54) is 12.1 Å². The van der Waals surface area contributed by atoms with Crippen molar-refractivity contribution in [1.82, 2.24) is 20.9 Å². The predicted molar refractivity (Wildman–Crippen MR) is 168 cm³/mol. The van der Waals surface area contributed by atoms with Gasteiger partial charge in [0.25, 0.3) is 0 Å². The molecule has 4 atom stereocenters. The third-order valence-corrected chi connectivity index (χ3v) is 7.37. The number of carboxylic acid groups (broad SMARTS) is 1. The number of carboxylic acids is 1. The Balaban J connectivity index is 1.77. The molecular formula is C32H44N6O6. The SMILES string of the molecule is CC(C)CC(NC(=O)C(Cc1ccc(O)cc1)NC(=O)C(N)CCCCN)C(=O)NC(Cc1c[nH]c2ccccc12)C(=O)O. The summed E-state index contributed by atoms with van der Waals surface area (Å²) in [4.78, 5) is 55.3. The summed E-state index contributed by atoms with van der Waals surface area (Å²) >= 11 is 0. The molecule has 2 aromatic carbocycles. The molecule has 3 aromatic rings. The summed E-state index contributed by atoms with van der Waals surface area (Å²) in [6.45, 7) is 4.23. The number of rotatable bonds is 17. The molecule has 0 saturated carbocycles. The summed E-state index contributed by atoms with van der Waals surface area (Å²) in [6, 6.07) is 9.42. The van der Waals surface area contributed by atoms with Gasteiger partial charge in [-0.3, -0.25) is 14.4 Å². The molecule has 0 spiro atoms. The van der Waals surface area contributed by atoms with E-state index in [-0.39, 0.29) is 30.9 Å². The molecule has 12 heteroatoms. The Morgan fingerprint density at radius 3 is 2.14 bits per heavy atom. The third-order valence-electron chi connectivity index (χ3n) is 7.37. The highest BCUT2D eigenvalue weighted by atomic mass is 16.4. The van der Waals surface area contributed by atoms with E-state index in [9.17, 15) is 29.4 Å². The summed E-state index contributed by atoms with van der Waals surface area (Å²) in [5, 5.41) is 28.5. The fourth-order valence-corrected chi connectivity index (χ4v) is 4.96. The lowest BCUT2D eigenvalue weighted by Crippen LogP contribution is -2.58. The molecule has 1 aromatic heterocycles. The van der Waals surface area contributed by atoms with Crippen LogP contribution in [0.1, 0.15) is 50.7 Å². The third kappa shape index (κ3) is 10.1. The fraction of sp³-hybridized carbons (Fsp3) is 0.438. The van der Waals surface area contributed by atoms with Crippen LogP contribution in [-0.2, 0) is 32.0 Å². The van der Waals surface area contributed by atoms with Gasteiger partial charge in [-0.1, -0.05) is 50.6 Å². The Morgan fingerprint density at radius 1 is 0.841 bits per heavy atom. The summed E-state index contributed by atoms with van der Waals surface area (Å²) < 4.78 is 0. The van der Waals surface area contributed by atoms with Crippen LogP contribution in [0.25, 0.3) is 10.9 Å². The van der Waals surface area contributed by atoms with Gasteiger partial charge < -0.3 is 42.6 Å². The van der Waals surface area contributed by atoms with Crippen LogP contribution in [0.3, 0.4) is 0 Å². The first kappa shape index (κ1) is 34.1. The second-order valence-electron chi connectivity index (χ2n) is 11.5. The number of benzene rings is 2. The van der Waals surface area contributed by atoms with Gasteiger partial charge in [-0.2, -0.15) is 0 Å². The van der Waals surface area contributed by atoms with Gasteiger partial charge in [0.05, 0.1) is 6.04 Å². The number of fused-ring (bicyclic) bond motifs is 1. The van der Waals surface area contributed by atoms with Gasteiger partial charge in [-0.25, -0.2) is 4.79 Å². The quantitative estimate of drug-likeness (QED) is 0.105. The van der Waals surface area contributed by atoms with Gasteiger partial charge in [0.1, 0.15) is 23.9 Å². The average molecular weight is 609 g/mol. The molecule has 0 aliphatic heterocycles. The maximum atomic E-state index is 13.6. The van der Waals surface area contributed by atoms with E-state index in [2.05, 4.69) is 20.9 Å². The van der Waals surface area contributed by atoms with E-state index in [1.807, 2.05) is 38.1 Å². The van der Waals surface area contributed by atoms with Crippen LogP contribution in [0, 0.1) is 5.92 Å². The molecule has 1 heterocycles. The number of nitrogens with one attached hydrogen (secondary N) is 4. The number of aromatic nitrogens is 1. The number of hydrogen-bond acceptors (Lipinski definition) is 7. The molecule has 0 aliphatic carbocycles. The van der Waals surface area contributed by atoms with Crippen molar-refractivity contribution >= 4 is 34.6 Å². The van der Waals surface area contributed by atoms with Crippen molar-refractivity contribution in [2.45, 2.75) is 76.5 Å². The minimum absolute atomic E-state index is 0.0240. The lowest BCUT2D eigenvalue weighted by atomic mass is 9.99. The maximum Gasteiger partial charge on any atom is 0.326 e. The van der Waals surface area contributed by atoms with Crippen molar-refractivity contribution in [2.24, 2.45) is 17.4 Å². The van der Waals surface area contributed by atoms with Crippen molar-refractivity contribution in [2.75, 3.05) is 6.54 Å². The number of amides is 3. The van der Waals surface area contributed by atoms with E-state index in [1.54, 1.807) is 18.3 Å². The second kappa shape index (κ2) is 16.4. The largest absolute Gasteiger partial charge is 0.508 e. The highest BCUT2D eigenvalue weighted by molar-refractivity contribution is 5.94. The molecule has 0 radical (unpaired) electrons. The van der Waals surface area contributed by atoms with Crippen LogP contribution in [0.4, 0.5) is 0 Å². The van der Waals surface area contributed by atoms with Crippen LogP contribution in [-0.4, -0.2) is 69.6 Å². The molecule has 3 amide bonds. The summed E-state index contributed by atoms with van der Waals surface area (Å²) in [5.41, 5.74) is 13.9. The fourth-order valence-electron chi connectivity index (χ4n) is 4.96. The molecule has 3 rings (SSSR count). The van der Waals surface area contributed by atoms with Crippen LogP contribution in [0.5, 0.6) is 5.75 Å². The van der Waals surface area contributed by atoms with Crippen LogP contribution >= 0.6 is 0 Å². The predicted octanol–water partition coefficient (Wildman–Crippen LogP) is 1.70. The van der Waals surface area contributed by atoms with Crippen LogP contribution < -0.4 is 27.4 Å². The number of hydrogen-bond donors (Lipinski definition) is 8. The Labute approximate surface area is 257 Å². The number of unbranched alkanes of at least 4 members (excludes halogenated alkanes) is 1. The molecular weight excluding hydrogens is 564 g/mol. The van der Waals surface area contributed by atoms with Gasteiger partial charge >= 0.3 is 5.97 Å². The highest BCUT2D eigenvalue weighted by Gasteiger charge is 2.31. The molecule has 10 N–H and O–H groups in total. The minimum Gasteiger partial charge on any atom is -0.508 e. The zero-order chi connectivity index (χ0) is 32.2. The zero-order valence-corrected chi connectivity index (χ0v) is 25.2. The Morgan fingerprint density at radius 2 is 1.48 bits per heavy atom. The normalized spacial score (nSPS) is 14.0. The lowest BCUT2D eigenvalue weighted by Gasteiger charge is -2.26. The molecule has 12 nitrogen and oxygen atoms in total. The van der Waals surface area contributed by atoms with Crippen molar-refractivity contribution in [3.8, 4) is 5.75 Å². The van der Waals surface area contributed by atoms with Crippen LogP contribution in [0.2, 0.25) is 0 Å². The van der Waals surface area contributed by atoms with Gasteiger partial charge in [0.2, 0.25) is 17.7 Å². The Hall–Kier alpha value is -4.42. The van der Waals surface area contributed by atoms with E-state index in [0.717, 1.165) is 16.5 Å². The standard InChI is InChI=1S/C32H44N6O6/c1-19(2)15-26(30(41)38-28(32(43)44)17-21-18-35-25-9-4-3-7-23(21)25)37-31(42)27(16-20-10-12-22(39)13-11-20)36-29(40)24(34)8-5-6-14-33/h3-4,7,9-13,18-19,24,26-28,35,39H,5-6,8,14-17,33-34H2,1-2H3,(H,36,40)(H,37,42)(H,38,41)(H,43,44). The number of nitrogens with two attached hydrogens (primary N) is 2. The van der Waals surface area contributed by atoms with Crippen molar-refractivity contribution in [1.29, 1.82) is 0 Å². The lowest BCUT2D eigenvalue weighted by molar-refractivity contribution is -0.142. The zero-order valence-electron chi connectivity index (χ0n) is 25.2. The smallest absolute Gasteiger partial charge is 0.326 e. The van der Waals surface area contributed by atoms with Crippen LogP contribution in [0.15, 0.2) is 54.7 Å². The Kier molecular flexibility index (Phi) is 12.7. The number of carbonyl (C=O) groups is 4. The summed E-state index contributed by atoms with van der Waals surface area (Å²) in [7, 11) is 0. The molecule has 0 aliphatic rings. The number of para-hydroxylation sites is 1. The van der Waals surface area contributed by atoms with E-state index in [0.29, 0.717) is 31.4 Å². The van der Waals surface area contributed by atoms with Gasteiger partial charge in [-0.05, 0) is 61.1 Å². The number of aromatic hydroxyl groups is 1. The number of carbonyl (C=O) groups excluding carboxylic acids is 3. The number of phenolic OH excluding ortho intramolecular Hbond substituents is 1. The van der Waals surface area contributed by atoms with Gasteiger partial charge in [-0.15, -0.1) is 0 Å². The average Bonchev–Trinajstić information content (AvgIpc) is 3.39. The van der Waals surface area contributed by atoms with Gasteiger partial charge in [0.15, 0.2) is 0 Å². The van der Waals surface area contributed by atoms with E-state index >= 15 is 0 Å². The maximum absolute atomic E-state index is 13.6. The number of aromatic amines is 1. The van der Waals surface area contributed by atoms with Crippen molar-refractivity contribution in [3.05, 3.63) is 65.9 Å². The number of aliphatic carboxylic acids is 1. The molecule has 0 bridgehead atoms. The second-order valence-corrected chi connectivity index (χ2v) is 11.5. The van der Waals surface area contributed by atoms with E-state index < -0.39 is 47.9 Å². The first-order chi connectivity index (χ1) is 21.0. The summed E-state index contributed by atoms with van der Waals surface area (Å²) in [5.74, 6) is -2.97. The highest BCUT2D eigenvalue weighted by Crippen LogP contribution is 2.19. The summed E-state index contributed by atoms with van der Waals surface area (Å²) in [6.07, 6.45) is 3.81. The number of phenols is 1. The molecule has 0 saturated heterocycles. The van der Waals surface area contributed by atoms with Gasteiger partial charge in [0, 0.05) is 29.9 Å². The molecule has 44 heavy (non-hydrogen) atoms. The van der Waals surface area contributed by atoms with Crippen molar-refractivity contribution in [3.63, 3.8) is 0 Å². The number of H-pyrrole nitrogens is 1. The van der Waals surface area contributed by atoms with Crippen molar-refractivity contribution < 1.29 is 29.4 Å². The first-order valence-corrected chi connectivity index (χ1v) is 14.9. The first-order valence-electron chi connectivity index (χ1n) is 14.9. The molecule has 238 valence electrons. The Bertz CT molecular complexity index is 1410. The topological polar surface area (TPSA) is 213 Å². The molecule has 0 fully saturated rings. The molecule has 4 unspecified atom stereocenters. The monoisotopic (exact) mass is 608 g/mol.